The second-order valence-corrected chi connectivity index (χ2v) is 8.59. The Bertz CT molecular complexity index is 609. The quantitative estimate of drug-likeness (QED) is 0.177. The number of methoxy groups -OCH3 is 1. The maximum absolute atomic E-state index is 12.6. The summed E-state index contributed by atoms with van der Waals surface area (Å²) >= 11 is 0. The smallest absolute Gasteiger partial charge is 0.311 e. The highest BCUT2D eigenvalue weighted by atomic mass is 16.5. The highest BCUT2D eigenvalue weighted by Crippen LogP contribution is 2.34. The van der Waals surface area contributed by atoms with Gasteiger partial charge in [0.15, 0.2) is 0 Å². The van der Waals surface area contributed by atoms with Gasteiger partial charge < -0.3 is 14.4 Å². The SMILES string of the molecule is COC(/C=C/CCCCN(C)C)CCC(=O)Oc1c(C(C)C)cccc1C(C)C. The summed E-state index contributed by atoms with van der Waals surface area (Å²) in [5, 5.41) is 0. The molecule has 0 aliphatic heterocycles. The van der Waals surface area contributed by atoms with E-state index in [4.69, 9.17) is 9.47 Å². The van der Waals surface area contributed by atoms with E-state index in [1.165, 1.54) is 6.42 Å². The van der Waals surface area contributed by atoms with E-state index < -0.39 is 0 Å². The Morgan fingerprint density at radius 1 is 1.07 bits per heavy atom. The molecule has 0 N–H and O–H groups in total. The Hall–Kier alpha value is -1.65. The van der Waals surface area contributed by atoms with Gasteiger partial charge in [-0.05, 0) is 69.3 Å². The van der Waals surface area contributed by atoms with Gasteiger partial charge >= 0.3 is 5.97 Å². The van der Waals surface area contributed by atoms with E-state index in [2.05, 4.69) is 71.0 Å². The average molecular weight is 404 g/mol. The lowest BCUT2D eigenvalue weighted by molar-refractivity contribution is -0.135. The van der Waals surface area contributed by atoms with Gasteiger partial charge in [-0.15, -0.1) is 0 Å². The minimum absolute atomic E-state index is 0.0543. The summed E-state index contributed by atoms with van der Waals surface area (Å²) in [6, 6.07) is 6.15. The minimum Gasteiger partial charge on any atom is -0.426 e. The second kappa shape index (κ2) is 13.6. The number of para-hydroxylation sites is 1. The van der Waals surface area contributed by atoms with Crippen molar-refractivity contribution in [2.75, 3.05) is 27.7 Å². The fraction of sp³-hybridized carbons (Fsp3) is 0.640. The molecule has 0 bridgehead atoms. The predicted molar refractivity (Wildman–Crippen MR) is 122 cm³/mol. The van der Waals surface area contributed by atoms with Crippen molar-refractivity contribution in [2.24, 2.45) is 0 Å². The number of carbonyl (C=O) groups is 1. The topological polar surface area (TPSA) is 38.8 Å². The van der Waals surface area contributed by atoms with E-state index >= 15 is 0 Å². The van der Waals surface area contributed by atoms with Crippen LogP contribution >= 0.6 is 0 Å². The average Bonchev–Trinajstić information content (AvgIpc) is 2.66. The molecule has 0 saturated carbocycles. The van der Waals surface area contributed by atoms with Gasteiger partial charge in [0.1, 0.15) is 5.75 Å². The zero-order valence-electron chi connectivity index (χ0n) is 19.5. The summed E-state index contributed by atoms with van der Waals surface area (Å²) in [4.78, 5) is 14.8. The van der Waals surface area contributed by atoms with Gasteiger partial charge in [-0.3, -0.25) is 4.79 Å². The van der Waals surface area contributed by atoms with Crippen LogP contribution in [0.5, 0.6) is 5.75 Å². The van der Waals surface area contributed by atoms with E-state index in [0.717, 1.165) is 36.3 Å². The molecule has 0 aliphatic rings. The molecule has 1 unspecified atom stereocenters. The molecule has 0 radical (unpaired) electrons. The molecule has 1 atom stereocenters. The lowest BCUT2D eigenvalue weighted by Gasteiger charge is -2.19. The molecular weight excluding hydrogens is 362 g/mol. The first-order valence-corrected chi connectivity index (χ1v) is 10.9. The van der Waals surface area contributed by atoms with Gasteiger partial charge in [-0.1, -0.05) is 58.0 Å². The Kier molecular flexibility index (Phi) is 11.9. The highest BCUT2D eigenvalue weighted by Gasteiger charge is 2.18. The zero-order chi connectivity index (χ0) is 21.8. The molecule has 0 heterocycles. The number of hydrogen-bond donors (Lipinski definition) is 0. The number of carbonyl (C=O) groups excluding carboxylic acids is 1. The molecule has 164 valence electrons. The zero-order valence-corrected chi connectivity index (χ0v) is 19.5. The molecule has 1 rings (SSSR count). The Labute approximate surface area is 178 Å². The third-order valence-electron chi connectivity index (χ3n) is 5.05. The van der Waals surface area contributed by atoms with Gasteiger partial charge in [0.05, 0.1) is 6.10 Å². The lowest BCUT2D eigenvalue weighted by atomic mass is 9.94. The molecule has 29 heavy (non-hydrogen) atoms. The highest BCUT2D eigenvalue weighted by molar-refractivity contribution is 5.73. The fourth-order valence-corrected chi connectivity index (χ4v) is 3.26. The summed E-state index contributed by atoms with van der Waals surface area (Å²) in [6.45, 7) is 9.62. The van der Waals surface area contributed by atoms with Crippen molar-refractivity contribution in [3.63, 3.8) is 0 Å². The Balaban J connectivity index is 2.59. The molecule has 0 amide bonds. The van der Waals surface area contributed by atoms with Crippen LogP contribution in [0.25, 0.3) is 0 Å². The van der Waals surface area contributed by atoms with Crippen LogP contribution in [-0.2, 0) is 9.53 Å². The standard InChI is InChI=1S/C25H41NO3/c1-19(2)22-14-12-15-23(20(3)4)25(22)29-24(27)17-16-21(28-7)13-10-8-9-11-18-26(5)6/h10,12-15,19-21H,8-9,11,16-18H2,1-7H3/b13-10+. The number of benzene rings is 1. The molecule has 0 saturated heterocycles. The summed E-state index contributed by atoms with van der Waals surface area (Å²) < 4.78 is 11.4. The van der Waals surface area contributed by atoms with E-state index in [-0.39, 0.29) is 12.1 Å². The van der Waals surface area contributed by atoms with E-state index in [0.29, 0.717) is 24.7 Å². The first-order valence-electron chi connectivity index (χ1n) is 10.9. The van der Waals surface area contributed by atoms with Crippen LogP contribution in [0.15, 0.2) is 30.4 Å². The van der Waals surface area contributed by atoms with Crippen molar-refractivity contribution < 1.29 is 14.3 Å². The summed E-state index contributed by atoms with van der Waals surface area (Å²) in [5.74, 6) is 1.16. The number of unbranched alkanes of at least 4 members (excludes halogenated alkanes) is 2. The van der Waals surface area contributed by atoms with Crippen molar-refractivity contribution in [3.8, 4) is 5.75 Å². The third-order valence-corrected chi connectivity index (χ3v) is 5.05. The number of rotatable bonds is 13. The van der Waals surface area contributed by atoms with Gasteiger partial charge in [-0.2, -0.15) is 0 Å². The van der Waals surface area contributed by atoms with Crippen molar-refractivity contribution in [1.29, 1.82) is 0 Å². The maximum atomic E-state index is 12.6. The Morgan fingerprint density at radius 3 is 2.21 bits per heavy atom. The van der Waals surface area contributed by atoms with Gasteiger partial charge in [0, 0.05) is 13.5 Å². The first kappa shape index (κ1) is 25.4. The number of hydrogen-bond acceptors (Lipinski definition) is 4. The monoisotopic (exact) mass is 403 g/mol. The Morgan fingerprint density at radius 2 is 1.69 bits per heavy atom. The summed E-state index contributed by atoms with van der Waals surface area (Å²) in [7, 11) is 5.89. The van der Waals surface area contributed by atoms with E-state index in [1.807, 2.05) is 6.07 Å². The number of ether oxygens (including phenoxy) is 2. The minimum atomic E-state index is -0.193. The van der Waals surface area contributed by atoms with Crippen LogP contribution in [0.3, 0.4) is 0 Å². The molecule has 1 aromatic carbocycles. The molecule has 4 nitrogen and oxygen atoms in total. The maximum Gasteiger partial charge on any atom is 0.311 e. The van der Waals surface area contributed by atoms with Crippen LogP contribution in [0.1, 0.15) is 82.8 Å². The lowest BCUT2D eigenvalue weighted by Crippen LogP contribution is -2.16. The van der Waals surface area contributed by atoms with Gasteiger partial charge in [0.2, 0.25) is 0 Å². The second-order valence-electron chi connectivity index (χ2n) is 8.59. The number of esters is 1. The third kappa shape index (κ3) is 9.60. The number of allylic oxidation sites excluding steroid dienone is 1. The normalized spacial score (nSPS) is 13.0. The van der Waals surface area contributed by atoms with Crippen molar-refractivity contribution in [1.82, 2.24) is 4.90 Å². The van der Waals surface area contributed by atoms with Crippen molar-refractivity contribution in [2.45, 2.75) is 77.7 Å². The molecule has 0 aliphatic carbocycles. The first-order chi connectivity index (χ1) is 13.8. The van der Waals surface area contributed by atoms with Crippen LogP contribution in [-0.4, -0.2) is 44.7 Å². The van der Waals surface area contributed by atoms with Crippen LogP contribution in [0.2, 0.25) is 0 Å². The number of nitrogens with zero attached hydrogens (tertiary/aromatic N) is 1. The van der Waals surface area contributed by atoms with Crippen LogP contribution < -0.4 is 4.74 Å². The van der Waals surface area contributed by atoms with Crippen molar-refractivity contribution >= 4 is 5.97 Å². The van der Waals surface area contributed by atoms with Crippen LogP contribution in [0, 0.1) is 0 Å². The molecule has 0 aromatic heterocycles. The fourth-order valence-electron chi connectivity index (χ4n) is 3.26. The largest absolute Gasteiger partial charge is 0.426 e. The van der Waals surface area contributed by atoms with Crippen LogP contribution in [0.4, 0.5) is 0 Å². The van der Waals surface area contributed by atoms with E-state index in [9.17, 15) is 4.79 Å². The molecule has 1 aromatic rings. The molecule has 0 fully saturated rings. The molecular formula is C25H41NO3. The van der Waals surface area contributed by atoms with Gasteiger partial charge in [-0.25, -0.2) is 0 Å². The summed E-state index contributed by atoms with van der Waals surface area (Å²) in [5.41, 5.74) is 2.18. The van der Waals surface area contributed by atoms with Crippen molar-refractivity contribution in [3.05, 3.63) is 41.5 Å². The van der Waals surface area contributed by atoms with E-state index in [1.54, 1.807) is 7.11 Å². The molecule has 0 spiro atoms. The van der Waals surface area contributed by atoms with Gasteiger partial charge in [0.25, 0.3) is 0 Å². The summed E-state index contributed by atoms with van der Waals surface area (Å²) in [6.07, 6.45) is 8.55. The molecule has 4 heteroatoms. The predicted octanol–water partition coefficient (Wildman–Crippen LogP) is 5.92.